The fourth-order valence-electron chi connectivity index (χ4n) is 9.87. The highest BCUT2D eigenvalue weighted by Crippen LogP contribution is 2.44. The average molecular weight is 834 g/mol. The minimum Gasteiger partial charge on any atom is -0.458 e. The van der Waals surface area contributed by atoms with Crippen LogP contribution in [0.25, 0.3) is 0 Å². The highest BCUT2D eigenvalue weighted by molar-refractivity contribution is 8.00. The number of hydrogen-bond acceptors (Lipinski definition) is 10. The Balaban J connectivity index is 1.13. The molecule has 0 bridgehead atoms. The van der Waals surface area contributed by atoms with E-state index < -0.39 is 0 Å². The highest BCUT2D eigenvalue weighted by atomic mass is 32.2. The van der Waals surface area contributed by atoms with Crippen LogP contribution in [0.3, 0.4) is 0 Å². The molecule has 0 spiro atoms. The topological polar surface area (TPSA) is 108 Å². The van der Waals surface area contributed by atoms with Gasteiger partial charge < -0.3 is 14.8 Å². The van der Waals surface area contributed by atoms with Crippen LogP contribution in [0.2, 0.25) is 0 Å². The largest absolute Gasteiger partial charge is 0.458 e. The predicted molar refractivity (Wildman–Crippen MR) is 259 cm³/mol. The lowest BCUT2D eigenvalue weighted by atomic mass is 9.31. The van der Waals surface area contributed by atoms with E-state index in [9.17, 15) is 15.8 Å². The molecule has 7 aromatic carbocycles. The van der Waals surface area contributed by atoms with E-state index in [0.717, 1.165) is 95.0 Å². The number of aryl methyl sites for hydroxylation is 2. The van der Waals surface area contributed by atoms with E-state index in [1.54, 1.807) is 23.9 Å². The van der Waals surface area contributed by atoms with Crippen LogP contribution in [0.1, 0.15) is 27.8 Å². The summed E-state index contributed by atoms with van der Waals surface area (Å²) in [5, 5.41) is 34.0. The number of ether oxygens (including phenoxy) is 2. The van der Waals surface area contributed by atoms with Crippen molar-refractivity contribution in [3.8, 4) is 41.2 Å². The van der Waals surface area contributed by atoms with Crippen molar-refractivity contribution >= 4 is 122 Å². The van der Waals surface area contributed by atoms with Gasteiger partial charge in [-0.1, -0.05) is 70.6 Å². The average Bonchev–Trinajstić information content (AvgIpc) is 3.29. The minimum atomic E-state index is -0.219. The lowest BCUT2D eigenvalue weighted by Crippen LogP contribution is -2.63. The third-order valence-corrected chi connectivity index (χ3v) is 14.1. The molecular weight excluding hydrogens is 801 g/mol. The number of benzene rings is 7. The number of rotatable bonds is 6. The first-order valence-electron chi connectivity index (χ1n) is 20.3. The molecule has 4 aliphatic rings. The number of nitrogens with zero attached hydrogens (tertiary/aromatic N) is 5. The van der Waals surface area contributed by atoms with Crippen LogP contribution in [0, 0.1) is 47.8 Å². The van der Waals surface area contributed by atoms with Crippen molar-refractivity contribution in [3.05, 3.63) is 143 Å². The summed E-state index contributed by atoms with van der Waals surface area (Å²) in [4.78, 5) is 0. The maximum atomic E-state index is 10.3. The standard InChI is InChI=1S/C49H33B3N6O2S2/c1-27-15-39-35(21-33(27)50-47-28(2)14-29(24-53)16-38(47)56-32-10-6-5-7-11-32)52-37-22-36-40(23-44(37)60-46-20-31(26-55)18-42(49(46)52)57(39)61-3)58(62-4)41-17-30(25-54)19-45-48(41)51(36)34-12-8-9-13-43(34)59-45/h5-23,50,56H,1-4H3. The second-order valence-electron chi connectivity index (χ2n) is 16.0. The van der Waals surface area contributed by atoms with Crippen LogP contribution in [0.5, 0.6) is 23.0 Å². The Morgan fingerprint density at radius 2 is 1.13 bits per heavy atom. The third-order valence-electron chi connectivity index (χ3n) is 12.6. The zero-order valence-corrected chi connectivity index (χ0v) is 35.8. The van der Waals surface area contributed by atoms with Crippen LogP contribution in [0.15, 0.2) is 115 Å². The SMILES string of the molecule is CSN1c2cc(C)c(Bc3c(C)cc(C#N)cc3Nc3ccccc3)cc2B2c3cc4c(cc3Oc3cc(C#N)cc1c32)N(SC)c1cc(C#N)cc2c1B4c1ccccc1O2. The molecule has 13 heteroatoms. The zero-order valence-electron chi connectivity index (χ0n) is 34.2. The molecule has 62 heavy (non-hydrogen) atoms. The van der Waals surface area contributed by atoms with Gasteiger partial charge in [-0.2, -0.15) is 15.8 Å². The Labute approximate surface area is 370 Å². The molecule has 0 radical (unpaired) electrons. The van der Waals surface area contributed by atoms with Gasteiger partial charge in [-0.05, 0) is 131 Å². The van der Waals surface area contributed by atoms with Crippen molar-refractivity contribution in [2.75, 3.05) is 26.4 Å². The van der Waals surface area contributed by atoms with Gasteiger partial charge >= 0.3 is 0 Å². The molecule has 292 valence electrons. The van der Waals surface area contributed by atoms with Gasteiger partial charge in [0, 0.05) is 35.6 Å². The second kappa shape index (κ2) is 14.5. The molecule has 0 saturated heterocycles. The van der Waals surface area contributed by atoms with Gasteiger partial charge in [-0.3, -0.25) is 8.61 Å². The Kier molecular flexibility index (Phi) is 8.87. The fourth-order valence-corrected chi connectivity index (χ4v) is 11.3. The van der Waals surface area contributed by atoms with Crippen LogP contribution >= 0.6 is 23.9 Å². The molecule has 1 N–H and O–H groups in total. The van der Waals surface area contributed by atoms with Crippen LogP contribution < -0.4 is 67.1 Å². The quantitative estimate of drug-likeness (QED) is 0.165. The van der Waals surface area contributed by atoms with E-state index in [2.05, 4.69) is 88.6 Å². The minimum absolute atomic E-state index is 0.155. The number of hydrogen-bond donors (Lipinski definition) is 1. The van der Waals surface area contributed by atoms with E-state index in [-0.39, 0.29) is 13.4 Å². The first-order valence-corrected chi connectivity index (χ1v) is 22.6. The monoisotopic (exact) mass is 834 g/mol. The van der Waals surface area contributed by atoms with Gasteiger partial charge in [-0.15, -0.1) is 0 Å². The molecule has 0 aromatic heterocycles. The molecule has 4 heterocycles. The van der Waals surface area contributed by atoms with Crippen LogP contribution in [-0.4, -0.2) is 33.2 Å². The summed E-state index contributed by atoms with van der Waals surface area (Å²) in [5.74, 6) is 2.86. The summed E-state index contributed by atoms with van der Waals surface area (Å²) in [6.45, 7) is 3.88. The van der Waals surface area contributed by atoms with Crippen molar-refractivity contribution in [1.29, 1.82) is 15.8 Å². The summed E-state index contributed by atoms with van der Waals surface area (Å²) in [6.07, 6.45) is 4.11. The van der Waals surface area contributed by atoms with E-state index in [4.69, 9.17) is 9.47 Å². The molecule has 0 aliphatic carbocycles. The number of nitriles is 3. The number of anilines is 6. The van der Waals surface area contributed by atoms with E-state index in [0.29, 0.717) is 35.5 Å². The fraction of sp³-hybridized carbons (Fsp3) is 0.0816. The normalized spacial score (nSPS) is 13.0. The van der Waals surface area contributed by atoms with Gasteiger partial charge in [0.2, 0.25) is 0 Å². The molecular formula is C49H33B3N6O2S2. The van der Waals surface area contributed by atoms with Gasteiger partial charge in [-0.25, -0.2) is 0 Å². The maximum absolute atomic E-state index is 10.3. The van der Waals surface area contributed by atoms with Crippen LogP contribution in [-0.2, 0) is 0 Å². The lowest BCUT2D eigenvalue weighted by Gasteiger charge is -2.42. The molecule has 0 atom stereocenters. The maximum Gasteiger partial charge on any atom is 0.256 e. The number of fused-ring (bicyclic) bond motifs is 8. The Morgan fingerprint density at radius 3 is 1.79 bits per heavy atom. The Hall–Kier alpha value is -7.10. The van der Waals surface area contributed by atoms with E-state index in [1.807, 2.05) is 85.1 Å². The van der Waals surface area contributed by atoms with Crippen LogP contribution in [0.4, 0.5) is 34.1 Å². The summed E-state index contributed by atoms with van der Waals surface area (Å²) in [5.41, 5.74) is 18.4. The Bertz CT molecular complexity index is 3230. The van der Waals surface area contributed by atoms with Crippen molar-refractivity contribution < 1.29 is 9.47 Å². The van der Waals surface area contributed by atoms with Crippen molar-refractivity contribution in [2.24, 2.45) is 0 Å². The first-order chi connectivity index (χ1) is 30.3. The van der Waals surface area contributed by atoms with Crippen molar-refractivity contribution in [3.63, 3.8) is 0 Å². The highest BCUT2D eigenvalue weighted by Gasteiger charge is 2.47. The second-order valence-corrected chi connectivity index (χ2v) is 17.4. The molecule has 0 fully saturated rings. The van der Waals surface area contributed by atoms with E-state index >= 15 is 0 Å². The summed E-state index contributed by atoms with van der Waals surface area (Å²) in [7, 11) is 0.643. The van der Waals surface area contributed by atoms with Gasteiger partial charge in [0.1, 0.15) is 23.0 Å². The van der Waals surface area contributed by atoms with Crippen molar-refractivity contribution in [1.82, 2.24) is 0 Å². The predicted octanol–water partition coefficient (Wildman–Crippen LogP) is 5.75. The molecule has 0 amide bonds. The van der Waals surface area contributed by atoms with Gasteiger partial charge in [0.15, 0.2) is 7.28 Å². The van der Waals surface area contributed by atoms with Gasteiger partial charge in [0.25, 0.3) is 13.4 Å². The molecule has 11 rings (SSSR count). The van der Waals surface area contributed by atoms with E-state index in [1.165, 1.54) is 5.46 Å². The summed E-state index contributed by atoms with van der Waals surface area (Å²) in [6, 6.07) is 46.1. The molecule has 7 aromatic rings. The molecule has 0 saturated carbocycles. The first kappa shape index (κ1) is 37.9. The van der Waals surface area contributed by atoms with Gasteiger partial charge in [0.05, 0.1) is 52.0 Å². The molecule has 8 nitrogen and oxygen atoms in total. The third kappa shape index (κ3) is 5.72. The van der Waals surface area contributed by atoms with Crippen molar-refractivity contribution in [2.45, 2.75) is 13.8 Å². The molecule has 4 aliphatic heterocycles. The number of para-hydroxylation sites is 2. The zero-order chi connectivity index (χ0) is 42.4. The summed E-state index contributed by atoms with van der Waals surface area (Å²) >= 11 is 3.19. The molecule has 0 unspecified atom stereocenters. The smallest absolute Gasteiger partial charge is 0.256 e. The summed E-state index contributed by atoms with van der Waals surface area (Å²) < 4.78 is 18.0. The number of nitrogens with one attached hydrogen (secondary N) is 1. The lowest BCUT2D eigenvalue weighted by molar-refractivity contribution is 0.487. The Morgan fingerprint density at radius 1 is 0.548 bits per heavy atom.